The molecule has 0 bridgehead atoms. The van der Waals surface area contributed by atoms with Crippen LogP contribution in [0.1, 0.15) is 24.0 Å². The molecule has 0 aliphatic rings. The van der Waals surface area contributed by atoms with Gasteiger partial charge in [0.25, 0.3) is 0 Å². The molecule has 4 nitrogen and oxygen atoms in total. The zero-order valence-electron chi connectivity index (χ0n) is 13.4. The second-order valence-electron chi connectivity index (χ2n) is 5.27. The Morgan fingerprint density at radius 2 is 1.96 bits per heavy atom. The number of rotatable bonds is 7. The fourth-order valence-electron chi connectivity index (χ4n) is 2.51. The summed E-state index contributed by atoms with van der Waals surface area (Å²) in [6.07, 6.45) is 0.734. The molecule has 124 valence electrons. The van der Waals surface area contributed by atoms with Crippen molar-refractivity contribution >= 4 is 11.6 Å². The molecular weight excluding hydrogens is 314 g/mol. The summed E-state index contributed by atoms with van der Waals surface area (Å²) in [6.45, 7) is 2.99. The number of phenolic OH excluding ortho intramolecular Hbond substituents is 1. The lowest BCUT2D eigenvalue weighted by atomic mass is 9.92. The number of methoxy groups -OCH3 is 1. The first-order valence-corrected chi connectivity index (χ1v) is 7.95. The van der Waals surface area contributed by atoms with Crippen LogP contribution in [0.15, 0.2) is 36.4 Å². The Kier molecular flexibility index (Phi) is 6.13. The van der Waals surface area contributed by atoms with E-state index in [1.807, 2.05) is 37.3 Å². The van der Waals surface area contributed by atoms with E-state index in [1.54, 1.807) is 6.07 Å². The number of benzene rings is 2. The van der Waals surface area contributed by atoms with Crippen molar-refractivity contribution in [1.29, 1.82) is 0 Å². The highest BCUT2D eigenvalue weighted by Crippen LogP contribution is 2.32. The Labute approximate surface area is 141 Å². The van der Waals surface area contributed by atoms with Crippen LogP contribution in [0.5, 0.6) is 17.2 Å². The zero-order chi connectivity index (χ0) is 16.8. The van der Waals surface area contributed by atoms with E-state index < -0.39 is 0 Å². The van der Waals surface area contributed by atoms with Crippen molar-refractivity contribution in [3.63, 3.8) is 0 Å². The summed E-state index contributed by atoms with van der Waals surface area (Å²) in [7, 11) is 1.53. The number of aromatic hydroxyl groups is 1. The van der Waals surface area contributed by atoms with Gasteiger partial charge >= 0.3 is 0 Å². The molecule has 1 unspecified atom stereocenters. The van der Waals surface area contributed by atoms with Gasteiger partial charge in [0.05, 0.1) is 18.7 Å². The molecule has 0 aliphatic heterocycles. The number of hydrogen-bond acceptors (Lipinski definition) is 4. The van der Waals surface area contributed by atoms with E-state index >= 15 is 0 Å². The summed E-state index contributed by atoms with van der Waals surface area (Å²) in [6, 6.07) is 11.1. The van der Waals surface area contributed by atoms with Crippen molar-refractivity contribution in [3.8, 4) is 17.2 Å². The minimum absolute atomic E-state index is 0.123. The number of nitrogens with two attached hydrogens (primary N) is 1. The summed E-state index contributed by atoms with van der Waals surface area (Å²) in [4.78, 5) is 0. The van der Waals surface area contributed by atoms with Crippen LogP contribution in [0.2, 0.25) is 5.02 Å². The Hall–Kier alpha value is -1.91. The molecule has 23 heavy (non-hydrogen) atoms. The summed E-state index contributed by atoms with van der Waals surface area (Å²) in [5.74, 6) is 1.39. The van der Waals surface area contributed by atoms with Gasteiger partial charge in [-0.3, -0.25) is 0 Å². The van der Waals surface area contributed by atoms with E-state index in [1.165, 1.54) is 7.11 Å². The third-order valence-electron chi connectivity index (χ3n) is 3.74. The molecule has 0 heterocycles. The minimum atomic E-state index is 0.123. The molecule has 0 amide bonds. The van der Waals surface area contributed by atoms with Crippen molar-refractivity contribution < 1.29 is 14.6 Å². The molecule has 0 saturated carbocycles. The maximum absolute atomic E-state index is 9.68. The molecule has 2 aromatic rings. The first kappa shape index (κ1) is 17.4. The van der Waals surface area contributed by atoms with E-state index in [0.717, 1.165) is 17.5 Å². The maximum Gasteiger partial charge on any atom is 0.160 e. The van der Waals surface area contributed by atoms with Gasteiger partial charge in [-0.2, -0.15) is 0 Å². The van der Waals surface area contributed by atoms with E-state index in [4.69, 9.17) is 26.8 Å². The van der Waals surface area contributed by atoms with E-state index in [2.05, 4.69) is 0 Å². The fourth-order valence-corrected chi connectivity index (χ4v) is 2.76. The van der Waals surface area contributed by atoms with Gasteiger partial charge in [0.15, 0.2) is 11.5 Å². The van der Waals surface area contributed by atoms with Gasteiger partial charge in [-0.25, -0.2) is 0 Å². The molecule has 0 saturated heterocycles. The second-order valence-corrected chi connectivity index (χ2v) is 5.67. The van der Waals surface area contributed by atoms with E-state index in [9.17, 15) is 5.11 Å². The van der Waals surface area contributed by atoms with Crippen molar-refractivity contribution in [1.82, 2.24) is 0 Å². The van der Waals surface area contributed by atoms with Crippen LogP contribution < -0.4 is 15.2 Å². The summed E-state index contributed by atoms with van der Waals surface area (Å²) < 4.78 is 10.6. The number of ether oxygens (including phenoxy) is 2. The SMILES string of the molecule is CCOc1ccc(C(CN)Cc2ccc(O)c(OC)c2)cc1Cl. The standard InChI is InChI=1S/C18H22ClNO3/c1-3-23-17-7-5-13(10-15(17)19)14(11-20)8-12-4-6-16(21)18(9-12)22-2/h4-7,9-10,14,21H,3,8,11,20H2,1-2H3. The van der Waals surface area contributed by atoms with Gasteiger partial charge < -0.3 is 20.3 Å². The molecular formula is C18H22ClNO3. The van der Waals surface area contributed by atoms with Gasteiger partial charge in [-0.1, -0.05) is 23.7 Å². The lowest BCUT2D eigenvalue weighted by Crippen LogP contribution is -2.15. The van der Waals surface area contributed by atoms with Crippen LogP contribution in [0.4, 0.5) is 0 Å². The van der Waals surface area contributed by atoms with Crippen LogP contribution in [0.3, 0.4) is 0 Å². The summed E-state index contributed by atoms with van der Waals surface area (Å²) in [5, 5.41) is 10.3. The molecule has 0 radical (unpaired) electrons. The zero-order valence-corrected chi connectivity index (χ0v) is 14.1. The molecule has 0 aromatic heterocycles. The Balaban J connectivity index is 2.21. The lowest BCUT2D eigenvalue weighted by Gasteiger charge is -2.17. The van der Waals surface area contributed by atoms with Crippen molar-refractivity contribution in [2.45, 2.75) is 19.3 Å². The smallest absolute Gasteiger partial charge is 0.160 e. The summed E-state index contributed by atoms with van der Waals surface area (Å²) in [5.41, 5.74) is 8.05. The maximum atomic E-state index is 9.68. The van der Waals surface area contributed by atoms with E-state index in [-0.39, 0.29) is 11.7 Å². The predicted octanol–water partition coefficient (Wildman–Crippen LogP) is 3.74. The Morgan fingerprint density at radius 1 is 1.17 bits per heavy atom. The average molecular weight is 336 g/mol. The third-order valence-corrected chi connectivity index (χ3v) is 4.03. The Bertz CT molecular complexity index is 661. The largest absolute Gasteiger partial charge is 0.504 e. The molecule has 0 fully saturated rings. The number of phenols is 1. The van der Waals surface area contributed by atoms with Gasteiger partial charge in [0, 0.05) is 5.92 Å². The van der Waals surface area contributed by atoms with Crippen LogP contribution in [0.25, 0.3) is 0 Å². The van der Waals surface area contributed by atoms with Crippen LogP contribution in [0, 0.1) is 0 Å². The highest BCUT2D eigenvalue weighted by Gasteiger charge is 2.14. The van der Waals surface area contributed by atoms with Crippen LogP contribution in [-0.4, -0.2) is 25.4 Å². The molecule has 1 atom stereocenters. The lowest BCUT2D eigenvalue weighted by molar-refractivity contribution is 0.340. The quantitative estimate of drug-likeness (QED) is 0.809. The van der Waals surface area contributed by atoms with Crippen molar-refractivity contribution in [2.24, 2.45) is 5.73 Å². The number of halogens is 1. The van der Waals surface area contributed by atoms with Crippen molar-refractivity contribution in [3.05, 3.63) is 52.5 Å². The monoisotopic (exact) mass is 335 g/mol. The fraction of sp³-hybridized carbons (Fsp3) is 0.333. The van der Waals surface area contributed by atoms with Crippen molar-refractivity contribution in [2.75, 3.05) is 20.3 Å². The van der Waals surface area contributed by atoms with Gasteiger partial charge in [0.1, 0.15) is 5.75 Å². The van der Waals surface area contributed by atoms with Crippen LogP contribution in [-0.2, 0) is 6.42 Å². The molecule has 2 aromatic carbocycles. The second kappa shape index (κ2) is 8.09. The van der Waals surface area contributed by atoms with Gasteiger partial charge in [-0.05, 0) is 55.3 Å². The molecule has 2 rings (SSSR count). The summed E-state index contributed by atoms with van der Waals surface area (Å²) >= 11 is 6.26. The third kappa shape index (κ3) is 4.30. The van der Waals surface area contributed by atoms with Gasteiger partial charge in [0.2, 0.25) is 0 Å². The van der Waals surface area contributed by atoms with Crippen LogP contribution >= 0.6 is 11.6 Å². The Morgan fingerprint density at radius 3 is 2.57 bits per heavy atom. The predicted molar refractivity (Wildman–Crippen MR) is 92.8 cm³/mol. The number of hydrogen-bond donors (Lipinski definition) is 2. The van der Waals surface area contributed by atoms with E-state index in [0.29, 0.717) is 29.7 Å². The topological polar surface area (TPSA) is 64.7 Å². The van der Waals surface area contributed by atoms with Gasteiger partial charge in [-0.15, -0.1) is 0 Å². The molecule has 0 aliphatic carbocycles. The first-order chi connectivity index (χ1) is 11.1. The molecule has 0 spiro atoms. The highest BCUT2D eigenvalue weighted by molar-refractivity contribution is 6.32. The molecule has 3 N–H and O–H groups in total. The average Bonchev–Trinajstić information content (AvgIpc) is 2.56. The highest BCUT2D eigenvalue weighted by atomic mass is 35.5. The minimum Gasteiger partial charge on any atom is -0.504 e. The normalized spacial score (nSPS) is 12.0. The molecule has 5 heteroatoms. The first-order valence-electron chi connectivity index (χ1n) is 7.57.